The monoisotopic (exact) mass is 341 g/mol. The molecule has 1 aromatic heterocycles. The van der Waals surface area contributed by atoms with Crippen molar-refractivity contribution >= 4 is 5.91 Å². The predicted molar refractivity (Wildman–Crippen MR) is 92.0 cm³/mol. The number of hydrogen-bond donors (Lipinski definition) is 0. The molecule has 0 radical (unpaired) electrons. The van der Waals surface area contributed by atoms with E-state index < -0.39 is 0 Å². The molecule has 0 unspecified atom stereocenters. The van der Waals surface area contributed by atoms with E-state index in [0.717, 1.165) is 31.2 Å². The fraction of sp³-hybridized carbons (Fsp3) is 0.500. The number of benzene rings is 1. The van der Waals surface area contributed by atoms with Crippen molar-refractivity contribution in [3.05, 3.63) is 42.0 Å². The van der Waals surface area contributed by atoms with Crippen LogP contribution >= 0.6 is 0 Å². The van der Waals surface area contributed by atoms with Gasteiger partial charge in [0, 0.05) is 13.1 Å². The van der Waals surface area contributed by atoms with Gasteiger partial charge in [0.2, 0.25) is 0 Å². The summed E-state index contributed by atoms with van der Waals surface area (Å²) in [6.07, 6.45) is 2.33. The van der Waals surface area contributed by atoms with E-state index in [1.807, 2.05) is 30.3 Å². The third kappa shape index (κ3) is 3.24. The zero-order chi connectivity index (χ0) is 17.2. The van der Waals surface area contributed by atoms with Crippen LogP contribution in [0, 0.1) is 0 Å². The van der Waals surface area contributed by atoms with Gasteiger partial charge in [-0.15, -0.1) is 10.2 Å². The van der Waals surface area contributed by atoms with Crippen molar-refractivity contribution in [2.75, 3.05) is 26.7 Å². The molecule has 2 aromatic rings. The van der Waals surface area contributed by atoms with Crippen LogP contribution in [0.4, 0.5) is 0 Å². The van der Waals surface area contributed by atoms with Gasteiger partial charge in [-0.2, -0.15) is 0 Å². The SMILES string of the molecule is CN1CCC[C@@H]1c1nnc2n1CCN(C(=O)COc1ccccc1)C2. The Labute approximate surface area is 147 Å². The van der Waals surface area contributed by atoms with Gasteiger partial charge in [0.25, 0.3) is 5.91 Å². The third-order valence-electron chi connectivity index (χ3n) is 5.06. The molecule has 1 amide bonds. The Morgan fingerprint density at radius 1 is 1.20 bits per heavy atom. The minimum atomic E-state index is -0.0161. The van der Waals surface area contributed by atoms with Gasteiger partial charge in [0.05, 0.1) is 12.6 Å². The molecule has 0 aliphatic carbocycles. The highest BCUT2D eigenvalue weighted by Gasteiger charge is 2.31. The summed E-state index contributed by atoms with van der Waals surface area (Å²) in [5.41, 5.74) is 0. The van der Waals surface area contributed by atoms with Gasteiger partial charge in [0.15, 0.2) is 18.3 Å². The Morgan fingerprint density at radius 2 is 2.04 bits per heavy atom. The number of aromatic nitrogens is 3. The lowest BCUT2D eigenvalue weighted by Gasteiger charge is -2.29. The van der Waals surface area contributed by atoms with Crippen molar-refractivity contribution in [3.63, 3.8) is 0 Å². The maximum Gasteiger partial charge on any atom is 0.260 e. The van der Waals surface area contributed by atoms with E-state index in [4.69, 9.17) is 4.74 Å². The maximum atomic E-state index is 12.4. The van der Waals surface area contributed by atoms with Crippen molar-refractivity contribution in [3.8, 4) is 5.75 Å². The van der Waals surface area contributed by atoms with Crippen molar-refractivity contribution in [2.45, 2.75) is 32.0 Å². The lowest BCUT2D eigenvalue weighted by molar-refractivity contribution is -0.134. The van der Waals surface area contributed by atoms with Crippen LogP contribution in [0.1, 0.15) is 30.5 Å². The Morgan fingerprint density at radius 3 is 2.80 bits per heavy atom. The molecule has 0 N–H and O–H groups in total. The molecule has 132 valence electrons. The summed E-state index contributed by atoms with van der Waals surface area (Å²) < 4.78 is 7.76. The van der Waals surface area contributed by atoms with Crippen molar-refractivity contribution < 1.29 is 9.53 Å². The van der Waals surface area contributed by atoms with Gasteiger partial charge in [-0.3, -0.25) is 9.69 Å². The molecule has 1 fully saturated rings. The largest absolute Gasteiger partial charge is 0.484 e. The van der Waals surface area contributed by atoms with Crippen LogP contribution < -0.4 is 4.74 Å². The quantitative estimate of drug-likeness (QED) is 0.843. The smallest absolute Gasteiger partial charge is 0.260 e. The van der Waals surface area contributed by atoms with Gasteiger partial charge in [-0.25, -0.2) is 0 Å². The molecule has 0 bridgehead atoms. The number of carbonyl (C=O) groups excluding carboxylic acids is 1. The second-order valence-electron chi connectivity index (χ2n) is 6.68. The van der Waals surface area contributed by atoms with Crippen LogP contribution in [0.5, 0.6) is 5.75 Å². The molecule has 0 spiro atoms. The fourth-order valence-corrected chi connectivity index (χ4v) is 3.63. The van der Waals surface area contributed by atoms with Crippen LogP contribution in [0.25, 0.3) is 0 Å². The van der Waals surface area contributed by atoms with Gasteiger partial charge >= 0.3 is 0 Å². The Bertz CT molecular complexity index is 745. The van der Waals surface area contributed by atoms with E-state index in [-0.39, 0.29) is 12.5 Å². The molecule has 7 nitrogen and oxygen atoms in total. The number of amides is 1. The lowest BCUT2D eigenvalue weighted by Crippen LogP contribution is -2.41. The minimum absolute atomic E-state index is 0.0161. The fourth-order valence-electron chi connectivity index (χ4n) is 3.63. The number of fused-ring (bicyclic) bond motifs is 1. The molecular weight excluding hydrogens is 318 g/mol. The molecule has 3 heterocycles. The van der Waals surface area contributed by atoms with Crippen LogP contribution in [-0.2, 0) is 17.9 Å². The normalized spacial score (nSPS) is 20.5. The van der Waals surface area contributed by atoms with E-state index in [9.17, 15) is 4.79 Å². The molecule has 0 saturated carbocycles. The molecule has 1 aromatic carbocycles. The Hall–Kier alpha value is -2.41. The molecule has 7 heteroatoms. The van der Waals surface area contributed by atoms with Crippen LogP contribution in [0.15, 0.2) is 30.3 Å². The highest BCUT2D eigenvalue weighted by atomic mass is 16.5. The molecule has 2 aliphatic rings. The Kier molecular flexibility index (Phi) is 4.40. The molecule has 2 aliphatic heterocycles. The van der Waals surface area contributed by atoms with Crippen molar-refractivity contribution in [2.24, 2.45) is 0 Å². The topological polar surface area (TPSA) is 63.5 Å². The maximum absolute atomic E-state index is 12.4. The van der Waals surface area contributed by atoms with E-state index in [0.29, 0.717) is 24.9 Å². The van der Waals surface area contributed by atoms with Gasteiger partial charge in [0.1, 0.15) is 5.75 Å². The summed E-state index contributed by atoms with van der Waals surface area (Å²) in [5, 5.41) is 8.76. The van der Waals surface area contributed by atoms with E-state index in [2.05, 4.69) is 26.7 Å². The molecule has 4 rings (SSSR count). The second kappa shape index (κ2) is 6.84. The van der Waals surface area contributed by atoms with Crippen LogP contribution in [0.2, 0.25) is 0 Å². The highest BCUT2D eigenvalue weighted by molar-refractivity contribution is 5.77. The minimum Gasteiger partial charge on any atom is -0.484 e. The summed E-state index contributed by atoms with van der Waals surface area (Å²) >= 11 is 0. The van der Waals surface area contributed by atoms with Crippen LogP contribution in [-0.4, -0.2) is 57.2 Å². The standard InChI is InChI=1S/C18H23N5O2/c1-21-9-5-8-15(21)18-20-19-16-12-22(10-11-23(16)18)17(24)13-25-14-6-3-2-4-7-14/h2-4,6-7,15H,5,8-13H2,1H3/t15-/m1/s1. The van der Waals surface area contributed by atoms with Gasteiger partial charge < -0.3 is 14.2 Å². The zero-order valence-corrected chi connectivity index (χ0v) is 14.5. The molecule has 1 atom stereocenters. The molecule has 25 heavy (non-hydrogen) atoms. The molecular formula is C18H23N5O2. The number of hydrogen-bond acceptors (Lipinski definition) is 5. The summed E-state index contributed by atoms with van der Waals surface area (Å²) in [6, 6.07) is 9.76. The predicted octanol–water partition coefficient (Wildman–Crippen LogP) is 1.47. The van der Waals surface area contributed by atoms with E-state index in [1.165, 1.54) is 6.42 Å². The van der Waals surface area contributed by atoms with Crippen molar-refractivity contribution in [1.82, 2.24) is 24.6 Å². The third-order valence-corrected chi connectivity index (χ3v) is 5.06. The number of carbonyl (C=O) groups is 1. The number of rotatable bonds is 4. The van der Waals surface area contributed by atoms with E-state index >= 15 is 0 Å². The first kappa shape index (κ1) is 16.1. The average molecular weight is 341 g/mol. The number of ether oxygens (including phenoxy) is 1. The average Bonchev–Trinajstić information content (AvgIpc) is 3.25. The first-order valence-electron chi connectivity index (χ1n) is 8.80. The van der Waals surface area contributed by atoms with Crippen LogP contribution in [0.3, 0.4) is 0 Å². The number of likely N-dealkylation sites (tertiary alicyclic amines) is 1. The number of para-hydroxylation sites is 1. The number of nitrogens with zero attached hydrogens (tertiary/aromatic N) is 5. The molecule has 1 saturated heterocycles. The summed E-state index contributed by atoms with van der Waals surface area (Å²) in [6.45, 7) is 3.08. The Balaban J connectivity index is 1.39. The lowest BCUT2D eigenvalue weighted by atomic mass is 10.2. The zero-order valence-electron chi connectivity index (χ0n) is 14.5. The first-order chi connectivity index (χ1) is 12.2. The first-order valence-corrected chi connectivity index (χ1v) is 8.80. The summed E-state index contributed by atoms with van der Waals surface area (Å²) in [5.74, 6) is 2.61. The summed E-state index contributed by atoms with van der Waals surface area (Å²) in [7, 11) is 2.14. The van der Waals surface area contributed by atoms with Gasteiger partial charge in [-0.1, -0.05) is 18.2 Å². The summed E-state index contributed by atoms with van der Waals surface area (Å²) in [4.78, 5) is 16.6. The second-order valence-corrected chi connectivity index (χ2v) is 6.68. The highest BCUT2D eigenvalue weighted by Crippen LogP contribution is 2.30. The van der Waals surface area contributed by atoms with Crippen molar-refractivity contribution in [1.29, 1.82) is 0 Å². The van der Waals surface area contributed by atoms with E-state index in [1.54, 1.807) is 4.90 Å². The van der Waals surface area contributed by atoms with Gasteiger partial charge in [-0.05, 0) is 38.6 Å².